The zero-order valence-corrected chi connectivity index (χ0v) is 10.8. The van der Waals surface area contributed by atoms with Gasteiger partial charge >= 0.3 is 5.97 Å². The van der Waals surface area contributed by atoms with E-state index in [2.05, 4.69) is 0 Å². The third-order valence-corrected chi connectivity index (χ3v) is 3.68. The molecular formula is C12H10ClNO3S. The molecule has 0 atom stereocenters. The standard InChI is InChI=1S/C12H10ClNO3S/c13-8-4-5-18-10(8)6-17-11-7(12(15)16)2-1-3-9(11)14/h1-5H,6,14H2,(H,15,16). The fourth-order valence-electron chi connectivity index (χ4n) is 1.45. The van der Waals surface area contributed by atoms with Crippen LogP contribution in [0.5, 0.6) is 5.75 Å². The molecule has 0 fully saturated rings. The molecule has 0 saturated heterocycles. The number of thiophene rings is 1. The first-order valence-electron chi connectivity index (χ1n) is 5.06. The quantitative estimate of drug-likeness (QED) is 0.845. The Balaban J connectivity index is 2.24. The Morgan fingerprint density at radius 1 is 1.44 bits per heavy atom. The number of carboxylic acid groups (broad SMARTS) is 1. The minimum atomic E-state index is -1.07. The van der Waals surface area contributed by atoms with E-state index in [4.69, 9.17) is 27.2 Å². The molecule has 4 nitrogen and oxygen atoms in total. The zero-order chi connectivity index (χ0) is 13.1. The maximum atomic E-state index is 11.0. The number of carboxylic acids is 1. The number of para-hydroxylation sites is 1. The second-order valence-corrected chi connectivity index (χ2v) is 4.92. The highest BCUT2D eigenvalue weighted by molar-refractivity contribution is 7.10. The van der Waals surface area contributed by atoms with Gasteiger partial charge in [-0.25, -0.2) is 4.79 Å². The molecule has 0 spiro atoms. The maximum Gasteiger partial charge on any atom is 0.339 e. The van der Waals surface area contributed by atoms with E-state index in [-0.39, 0.29) is 17.9 Å². The van der Waals surface area contributed by atoms with Crippen LogP contribution in [-0.2, 0) is 6.61 Å². The first-order chi connectivity index (χ1) is 8.59. The normalized spacial score (nSPS) is 10.3. The number of nitrogens with two attached hydrogens (primary N) is 1. The Bertz CT molecular complexity index is 582. The lowest BCUT2D eigenvalue weighted by Gasteiger charge is -2.10. The maximum absolute atomic E-state index is 11.0. The minimum Gasteiger partial charge on any atom is -0.485 e. The van der Waals surface area contributed by atoms with Crippen molar-refractivity contribution >= 4 is 34.6 Å². The predicted molar refractivity (Wildman–Crippen MR) is 71.5 cm³/mol. The van der Waals surface area contributed by atoms with Crippen LogP contribution in [0.1, 0.15) is 15.2 Å². The molecule has 1 aromatic heterocycles. The summed E-state index contributed by atoms with van der Waals surface area (Å²) in [5, 5.41) is 11.5. The van der Waals surface area contributed by atoms with Crippen molar-refractivity contribution in [3.8, 4) is 5.75 Å². The average Bonchev–Trinajstić information content (AvgIpc) is 2.73. The van der Waals surface area contributed by atoms with Crippen LogP contribution in [0.15, 0.2) is 29.6 Å². The van der Waals surface area contributed by atoms with Gasteiger partial charge in [0.15, 0.2) is 5.75 Å². The van der Waals surface area contributed by atoms with E-state index < -0.39 is 5.97 Å². The fourth-order valence-corrected chi connectivity index (χ4v) is 2.45. The molecule has 1 aromatic carbocycles. The molecule has 94 valence electrons. The number of hydrogen-bond donors (Lipinski definition) is 2. The van der Waals surface area contributed by atoms with E-state index in [0.717, 1.165) is 4.88 Å². The second kappa shape index (κ2) is 5.29. The van der Waals surface area contributed by atoms with Crippen LogP contribution in [0.3, 0.4) is 0 Å². The Morgan fingerprint density at radius 3 is 2.83 bits per heavy atom. The highest BCUT2D eigenvalue weighted by Gasteiger charge is 2.14. The van der Waals surface area contributed by atoms with Crippen molar-refractivity contribution in [1.82, 2.24) is 0 Å². The van der Waals surface area contributed by atoms with Gasteiger partial charge in [0.1, 0.15) is 12.2 Å². The minimum absolute atomic E-state index is 0.0441. The topological polar surface area (TPSA) is 72.6 Å². The summed E-state index contributed by atoms with van der Waals surface area (Å²) in [4.78, 5) is 11.9. The van der Waals surface area contributed by atoms with Gasteiger partial charge in [-0.05, 0) is 23.6 Å². The number of ether oxygens (including phenoxy) is 1. The average molecular weight is 284 g/mol. The van der Waals surface area contributed by atoms with Crippen LogP contribution in [0.4, 0.5) is 5.69 Å². The Labute approximate surface area is 113 Å². The van der Waals surface area contributed by atoms with Gasteiger partial charge in [-0.3, -0.25) is 0 Å². The third kappa shape index (κ3) is 2.57. The van der Waals surface area contributed by atoms with Gasteiger partial charge in [0.25, 0.3) is 0 Å². The lowest BCUT2D eigenvalue weighted by Crippen LogP contribution is -2.05. The number of nitrogen functional groups attached to an aromatic ring is 1. The van der Waals surface area contributed by atoms with Gasteiger partial charge in [0, 0.05) is 0 Å². The van der Waals surface area contributed by atoms with Crippen LogP contribution in [0, 0.1) is 0 Å². The van der Waals surface area contributed by atoms with Gasteiger partial charge in [-0.1, -0.05) is 17.7 Å². The monoisotopic (exact) mass is 283 g/mol. The molecule has 3 N–H and O–H groups in total. The third-order valence-electron chi connectivity index (χ3n) is 2.31. The Kier molecular flexibility index (Phi) is 3.74. The number of aromatic carboxylic acids is 1. The molecule has 0 unspecified atom stereocenters. The van der Waals surface area contributed by atoms with E-state index in [1.165, 1.54) is 17.4 Å². The number of anilines is 1. The van der Waals surface area contributed by atoms with Crippen molar-refractivity contribution in [2.75, 3.05) is 5.73 Å². The Morgan fingerprint density at radius 2 is 2.22 bits per heavy atom. The number of halogens is 1. The predicted octanol–water partition coefficient (Wildman–Crippen LogP) is 3.26. The van der Waals surface area contributed by atoms with E-state index in [9.17, 15) is 4.79 Å². The van der Waals surface area contributed by atoms with Gasteiger partial charge in [-0.2, -0.15) is 0 Å². The summed E-state index contributed by atoms with van der Waals surface area (Å²) in [6.45, 7) is 0.199. The van der Waals surface area contributed by atoms with Crippen molar-refractivity contribution in [1.29, 1.82) is 0 Å². The van der Waals surface area contributed by atoms with Gasteiger partial charge in [-0.15, -0.1) is 11.3 Å². The molecule has 18 heavy (non-hydrogen) atoms. The molecule has 0 bridgehead atoms. The van der Waals surface area contributed by atoms with E-state index in [1.54, 1.807) is 18.2 Å². The highest BCUT2D eigenvalue weighted by atomic mass is 35.5. The molecule has 0 aliphatic rings. The summed E-state index contributed by atoms with van der Waals surface area (Å²) in [5.74, 6) is -0.899. The summed E-state index contributed by atoms with van der Waals surface area (Å²) >= 11 is 7.37. The number of benzene rings is 1. The summed E-state index contributed by atoms with van der Waals surface area (Å²) in [6.07, 6.45) is 0. The van der Waals surface area contributed by atoms with Crippen LogP contribution in [-0.4, -0.2) is 11.1 Å². The van der Waals surface area contributed by atoms with Crippen molar-refractivity contribution in [3.05, 3.63) is 45.1 Å². The van der Waals surface area contributed by atoms with Crippen LogP contribution < -0.4 is 10.5 Å². The molecule has 0 amide bonds. The lowest BCUT2D eigenvalue weighted by atomic mass is 10.2. The van der Waals surface area contributed by atoms with Crippen molar-refractivity contribution in [2.45, 2.75) is 6.61 Å². The number of carbonyl (C=O) groups is 1. The number of rotatable bonds is 4. The Hall–Kier alpha value is -1.72. The van der Waals surface area contributed by atoms with Crippen molar-refractivity contribution < 1.29 is 14.6 Å². The summed E-state index contributed by atoms with van der Waals surface area (Å²) in [5.41, 5.74) is 6.06. The summed E-state index contributed by atoms with van der Waals surface area (Å²) < 4.78 is 5.47. The fraction of sp³-hybridized carbons (Fsp3) is 0.0833. The molecule has 2 rings (SSSR count). The number of hydrogen-bond acceptors (Lipinski definition) is 4. The van der Waals surface area contributed by atoms with Crippen molar-refractivity contribution in [2.24, 2.45) is 0 Å². The van der Waals surface area contributed by atoms with Gasteiger partial charge < -0.3 is 15.6 Å². The van der Waals surface area contributed by atoms with Crippen LogP contribution in [0.2, 0.25) is 5.02 Å². The molecule has 1 heterocycles. The van der Waals surface area contributed by atoms with Gasteiger partial charge in [0.2, 0.25) is 0 Å². The molecule has 0 radical (unpaired) electrons. The molecule has 0 saturated carbocycles. The van der Waals surface area contributed by atoms with E-state index in [0.29, 0.717) is 10.7 Å². The molecule has 0 aliphatic heterocycles. The zero-order valence-electron chi connectivity index (χ0n) is 9.22. The molecule has 0 aliphatic carbocycles. The van der Waals surface area contributed by atoms with Crippen LogP contribution >= 0.6 is 22.9 Å². The van der Waals surface area contributed by atoms with Gasteiger partial charge in [0.05, 0.1) is 15.6 Å². The smallest absolute Gasteiger partial charge is 0.339 e. The summed E-state index contributed by atoms with van der Waals surface area (Å²) in [7, 11) is 0. The first kappa shape index (κ1) is 12.7. The van der Waals surface area contributed by atoms with E-state index in [1.807, 2.05) is 5.38 Å². The van der Waals surface area contributed by atoms with Crippen LogP contribution in [0.25, 0.3) is 0 Å². The SMILES string of the molecule is Nc1cccc(C(=O)O)c1OCc1sccc1Cl. The first-order valence-corrected chi connectivity index (χ1v) is 6.32. The molecular weight excluding hydrogens is 274 g/mol. The molecule has 6 heteroatoms. The second-order valence-electron chi connectivity index (χ2n) is 3.51. The van der Waals surface area contributed by atoms with Crippen molar-refractivity contribution in [3.63, 3.8) is 0 Å². The summed E-state index contributed by atoms with van der Waals surface area (Å²) in [6, 6.07) is 6.38. The lowest BCUT2D eigenvalue weighted by molar-refractivity contribution is 0.0692. The van der Waals surface area contributed by atoms with E-state index >= 15 is 0 Å². The largest absolute Gasteiger partial charge is 0.485 e. The molecule has 2 aromatic rings. The highest BCUT2D eigenvalue weighted by Crippen LogP contribution is 2.29.